The van der Waals surface area contributed by atoms with Crippen LogP contribution in [0.1, 0.15) is 18.4 Å². The second-order valence-electron chi connectivity index (χ2n) is 4.99. The van der Waals surface area contributed by atoms with Crippen LogP contribution >= 0.6 is 0 Å². The smallest absolute Gasteiger partial charge is 0.224 e. The van der Waals surface area contributed by atoms with E-state index >= 15 is 0 Å². The van der Waals surface area contributed by atoms with Crippen LogP contribution in [0, 0.1) is 6.92 Å². The van der Waals surface area contributed by atoms with Crippen molar-refractivity contribution in [2.24, 2.45) is 0 Å². The van der Waals surface area contributed by atoms with E-state index in [1.165, 1.54) is 0 Å². The highest BCUT2D eigenvalue weighted by atomic mass is 16.5. The standard InChI is InChI=1S/C18H21NO3/c1-14-6-3-4-7-17(14)19-18(20)8-5-13-22-16-11-9-15(21-2)10-12-16/h3-4,6-7,9-12H,5,8,13H2,1-2H3,(H,19,20). The number of methoxy groups -OCH3 is 1. The first-order valence-electron chi connectivity index (χ1n) is 7.31. The van der Waals surface area contributed by atoms with Crippen molar-refractivity contribution in [1.29, 1.82) is 0 Å². The molecule has 0 aromatic heterocycles. The molecule has 2 aromatic rings. The topological polar surface area (TPSA) is 47.6 Å². The molecule has 116 valence electrons. The van der Waals surface area contributed by atoms with E-state index < -0.39 is 0 Å². The van der Waals surface area contributed by atoms with Crippen LogP contribution in [-0.2, 0) is 4.79 Å². The first kappa shape index (κ1) is 15.9. The molecule has 0 atom stereocenters. The third-order valence-corrected chi connectivity index (χ3v) is 3.30. The summed E-state index contributed by atoms with van der Waals surface area (Å²) < 4.78 is 10.7. The lowest BCUT2D eigenvalue weighted by atomic mass is 10.2. The molecule has 0 aliphatic rings. The van der Waals surface area contributed by atoms with Crippen molar-refractivity contribution in [1.82, 2.24) is 0 Å². The number of ether oxygens (including phenoxy) is 2. The van der Waals surface area contributed by atoms with Crippen LogP contribution in [0.3, 0.4) is 0 Å². The van der Waals surface area contributed by atoms with Crippen molar-refractivity contribution in [3.63, 3.8) is 0 Å². The maximum Gasteiger partial charge on any atom is 0.224 e. The van der Waals surface area contributed by atoms with Crippen molar-refractivity contribution in [3.8, 4) is 11.5 Å². The molecule has 0 aliphatic heterocycles. The highest BCUT2D eigenvalue weighted by Crippen LogP contribution is 2.17. The monoisotopic (exact) mass is 299 g/mol. The summed E-state index contributed by atoms with van der Waals surface area (Å²) in [6, 6.07) is 15.1. The number of amides is 1. The highest BCUT2D eigenvalue weighted by molar-refractivity contribution is 5.91. The molecule has 0 aliphatic carbocycles. The molecule has 0 saturated heterocycles. The summed E-state index contributed by atoms with van der Waals surface area (Å²) in [7, 11) is 1.63. The molecule has 0 bridgehead atoms. The van der Waals surface area contributed by atoms with Gasteiger partial charge in [-0.1, -0.05) is 18.2 Å². The molecule has 0 unspecified atom stereocenters. The third-order valence-electron chi connectivity index (χ3n) is 3.30. The average Bonchev–Trinajstić information content (AvgIpc) is 2.54. The number of carbonyl (C=O) groups is 1. The van der Waals surface area contributed by atoms with Gasteiger partial charge in [-0.05, 0) is 49.2 Å². The zero-order valence-corrected chi connectivity index (χ0v) is 13.0. The van der Waals surface area contributed by atoms with Gasteiger partial charge >= 0.3 is 0 Å². The Morgan fingerprint density at radius 1 is 1.05 bits per heavy atom. The molecule has 4 nitrogen and oxygen atoms in total. The molecule has 0 radical (unpaired) electrons. The van der Waals surface area contributed by atoms with Gasteiger partial charge in [-0.2, -0.15) is 0 Å². The molecule has 0 saturated carbocycles. The van der Waals surface area contributed by atoms with Crippen LogP contribution in [0.5, 0.6) is 11.5 Å². The van der Waals surface area contributed by atoms with Gasteiger partial charge in [-0.25, -0.2) is 0 Å². The number of hydrogen-bond acceptors (Lipinski definition) is 3. The SMILES string of the molecule is COc1ccc(OCCCC(=O)Nc2ccccc2C)cc1. The molecular weight excluding hydrogens is 278 g/mol. The van der Waals surface area contributed by atoms with Gasteiger partial charge < -0.3 is 14.8 Å². The average molecular weight is 299 g/mol. The fourth-order valence-corrected chi connectivity index (χ4v) is 2.02. The van der Waals surface area contributed by atoms with Crippen LogP contribution < -0.4 is 14.8 Å². The molecule has 1 N–H and O–H groups in total. The number of para-hydroxylation sites is 1. The lowest BCUT2D eigenvalue weighted by molar-refractivity contribution is -0.116. The minimum absolute atomic E-state index is 0.00707. The Kier molecular flexibility index (Phi) is 5.83. The summed E-state index contributed by atoms with van der Waals surface area (Å²) in [6.45, 7) is 2.48. The lowest BCUT2D eigenvalue weighted by Gasteiger charge is -2.09. The molecule has 4 heteroatoms. The Labute approximate surface area is 131 Å². The highest BCUT2D eigenvalue weighted by Gasteiger charge is 2.04. The van der Waals surface area contributed by atoms with E-state index in [2.05, 4.69) is 5.32 Å². The van der Waals surface area contributed by atoms with Crippen LogP contribution in [-0.4, -0.2) is 19.6 Å². The second-order valence-corrected chi connectivity index (χ2v) is 4.99. The largest absolute Gasteiger partial charge is 0.497 e. The van der Waals surface area contributed by atoms with Gasteiger partial charge in [0.15, 0.2) is 0 Å². The van der Waals surface area contributed by atoms with E-state index in [1.807, 2.05) is 55.5 Å². The second kappa shape index (κ2) is 8.08. The Balaban J connectivity index is 1.69. The molecular formula is C18H21NO3. The van der Waals surface area contributed by atoms with Gasteiger partial charge in [-0.15, -0.1) is 0 Å². The van der Waals surface area contributed by atoms with Crippen molar-refractivity contribution in [2.75, 3.05) is 19.0 Å². The minimum atomic E-state index is 0.00707. The lowest BCUT2D eigenvalue weighted by Crippen LogP contribution is -2.13. The van der Waals surface area contributed by atoms with Gasteiger partial charge in [0, 0.05) is 12.1 Å². The van der Waals surface area contributed by atoms with E-state index in [1.54, 1.807) is 7.11 Å². The van der Waals surface area contributed by atoms with E-state index in [0.717, 1.165) is 22.7 Å². The molecule has 0 fully saturated rings. The van der Waals surface area contributed by atoms with E-state index in [4.69, 9.17) is 9.47 Å². The van der Waals surface area contributed by atoms with Gasteiger partial charge in [0.05, 0.1) is 13.7 Å². The molecule has 2 rings (SSSR count). The number of hydrogen-bond donors (Lipinski definition) is 1. The number of benzene rings is 2. The minimum Gasteiger partial charge on any atom is -0.497 e. The Morgan fingerprint density at radius 2 is 1.73 bits per heavy atom. The molecule has 22 heavy (non-hydrogen) atoms. The van der Waals surface area contributed by atoms with Crippen molar-refractivity contribution >= 4 is 11.6 Å². The van der Waals surface area contributed by atoms with E-state index in [-0.39, 0.29) is 5.91 Å². The zero-order valence-electron chi connectivity index (χ0n) is 13.0. The fourth-order valence-electron chi connectivity index (χ4n) is 2.02. The first-order chi connectivity index (χ1) is 10.7. The summed E-state index contributed by atoms with van der Waals surface area (Å²) in [5.41, 5.74) is 1.92. The van der Waals surface area contributed by atoms with Crippen LogP contribution in [0.2, 0.25) is 0 Å². The number of aryl methyl sites for hydroxylation is 1. The van der Waals surface area contributed by atoms with Gasteiger partial charge in [0.25, 0.3) is 0 Å². The van der Waals surface area contributed by atoms with Crippen molar-refractivity contribution in [2.45, 2.75) is 19.8 Å². The first-order valence-corrected chi connectivity index (χ1v) is 7.31. The zero-order chi connectivity index (χ0) is 15.8. The van der Waals surface area contributed by atoms with Gasteiger partial charge in [-0.3, -0.25) is 4.79 Å². The third kappa shape index (κ3) is 4.81. The molecule has 1 amide bonds. The predicted molar refractivity (Wildman–Crippen MR) is 87.5 cm³/mol. The van der Waals surface area contributed by atoms with Crippen molar-refractivity contribution < 1.29 is 14.3 Å². The fraction of sp³-hybridized carbons (Fsp3) is 0.278. The quantitative estimate of drug-likeness (QED) is 0.791. The number of rotatable bonds is 7. The summed E-state index contributed by atoms with van der Waals surface area (Å²) >= 11 is 0. The predicted octanol–water partition coefficient (Wildman–Crippen LogP) is 3.80. The molecule has 0 heterocycles. The van der Waals surface area contributed by atoms with E-state index in [0.29, 0.717) is 19.4 Å². The number of anilines is 1. The summed E-state index contributed by atoms with van der Waals surface area (Å²) in [5, 5.41) is 2.91. The summed E-state index contributed by atoms with van der Waals surface area (Å²) in [4.78, 5) is 11.9. The molecule has 2 aromatic carbocycles. The summed E-state index contributed by atoms with van der Waals surface area (Å²) in [6.07, 6.45) is 1.11. The Morgan fingerprint density at radius 3 is 2.41 bits per heavy atom. The van der Waals surface area contributed by atoms with E-state index in [9.17, 15) is 4.79 Å². The summed E-state index contributed by atoms with van der Waals surface area (Å²) in [5.74, 6) is 1.58. The number of carbonyl (C=O) groups excluding carboxylic acids is 1. The Bertz CT molecular complexity index is 608. The van der Waals surface area contributed by atoms with Gasteiger partial charge in [0.2, 0.25) is 5.91 Å². The maximum atomic E-state index is 11.9. The normalized spacial score (nSPS) is 10.1. The number of nitrogens with one attached hydrogen (secondary N) is 1. The van der Waals surface area contributed by atoms with Crippen LogP contribution in [0.4, 0.5) is 5.69 Å². The Hall–Kier alpha value is -2.49. The molecule has 0 spiro atoms. The maximum absolute atomic E-state index is 11.9. The van der Waals surface area contributed by atoms with Crippen molar-refractivity contribution in [3.05, 3.63) is 54.1 Å². The van der Waals surface area contributed by atoms with Gasteiger partial charge in [0.1, 0.15) is 11.5 Å². The van der Waals surface area contributed by atoms with Crippen LogP contribution in [0.15, 0.2) is 48.5 Å². The van der Waals surface area contributed by atoms with Crippen LogP contribution in [0.25, 0.3) is 0 Å².